The highest BCUT2D eigenvalue weighted by molar-refractivity contribution is 8.00. The fourth-order valence-corrected chi connectivity index (χ4v) is 3.08. The molecule has 0 fully saturated rings. The summed E-state index contributed by atoms with van der Waals surface area (Å²) in [6, 6.07) is 6.46. The van der Waals surface area contributed by atoms with Crippen LogP contribution in [0.4, 0.5) is 4.39 Å². The topological polar surface area (TPSA) is 36.7 Å². The Labute approximate surface area is 107 Å². The first-order valence-corrected chi connectivity index (χ1v) is 6.79. The molecule has 0 amide bonds. The zero-order valence-corrected chi connectivity index (χ0v) is 10.7. The fourth-order valence-electron chi connectivity index (χ4n) is 1.29. The first-order valence-electron chi connectivity index (χ1n) is 4.92. The van der Waals surface area contributed by atoms with Crippen molar-refractivity contribution in [1.82, 2.24) is 4.98 Å². The van der Waals surface area contributed by atoms with Crippen LogP contribution < -0.4 is 0 Å². The van der Waals surface area contributed by atoms with Crippen LogP contribution in [0.25, 0.3) is 0 Å². The van der Waals surface area contributed by atoms with E-state index in [1.807, 2.05) is 18.4 Å². The lowest BCUT2D eigenvalue weighted by molar-refractivity contribution is 0.623. The van der Waals surface area contributed by atoms with Crippen LogP contribution in [0.5, 0.6) is 0 Å². The average Bonchev–Trinajstić information content (AvgIpc) is 2.74. The second-order valence-corrected chi connectivity index (χ2v) is 5.55. The summed E-state index contributed by atoms with van der Waals surface area (Å²) < 4.78 is 14.1. The number of hydrogen-bond acceptors (Lipinski definition) is 4. The van der Waals surface area contributed by atoms with Gasteiger partial charge in [-0.05, 0) is 24.6 Å². The molecule has 2 aromatic rings. The van der Waals surface area contributed by atoms with Crippen LogP contribution in [-0.4, -0.2) is 4.98 Å². The molecule has 0 aliphatic carbocycles. The molecule has 0 saturated heterocycles. The van der Waals surface area contributed by atoms with Gasteiger partial charge in [0.1, 0.15) is 16.2 Å². The lowest BCUT2D eigenvalue weighted by Gasteiger charge is -2.00. The van der Waals surface area contributed by atoms with Gasteiger partial charge in [0.25, 0.3) is 0 Å². The number of nitrogens with zero attached hydrogens (tertiary/aromatic N) is 2. The normalized spacial score (nSPS) is 10.2. The molecule has 0 N–H and O–H groups in total. The van der Waals surface area contributed by atoms with E-state index in [0.717, 1.165) is 15.6 Å². The number of thiazole rings is 1. The highest BCUT2D eigenvalue weighted by atomic mass is 32.2. The summed E-state index contributed by atoms with van der Waals surface area (Å²) in [6.45, 7) is 1.95. The maximum Gasteiger partial charge on any atom is 0.150 e. The van der Waals surface area contributed by atoms with E-state index in [2.05, 4.69) is 4.98 Å². The van der Waals surface area contributed by atoms with Crippen LogP contribution in [0.3, 0.4) is 0 Å². The Hall–Kier alpha value is -1.38. The molecule has 2 rings (SSSR count). The first kappa shape index (κ1) is 12.1. The fraction of sp³-hybridized carbons (Fsp3) is 0.167. The van der Waals surface area contributed by atoms with Crippen molar-refractivity contribution in [3.05, 3.63) is 46.2 Å². The van der Waals surface area contributed by atoms with Crippen LogP contribution in [0.1, 0.15) is 16.8 Å². The van der Waals surface area contributed by atoms with E-state index in [4.69, 9.17) is 5.26 Å². The molecule has 0 radical (unpaired) electrons. The second-order valence-electron chi connectivity index (χ2n) is 3.47. The summed E-state index contributed by atoms with van der Waals surface area (Å²) in [5.41, 5.74) is 2.04. The molecular formula is C12H9FN2S2. The van der Waals surface area contributed by atoms with Gasteiger partial charge in [0.2, 0.25) is 0 Å². The van der Waals surface area contributed by atoms with Crippen molar-refractivity contribution in [2.75, 3.05) is 0 Å². The van der Waals surface area contributed by atoms with Gasteiger partial charge in [-0.25, -0.2) is 9.37 Å². The Kier molecular flexibility index (Phi) is 3.77. The smallest absolute Gasteiger partial charge is 0.150 e. The summed E-state index contributed by atoms with van der Waals surface area (Å²) >= 11 is 3.19. The van der Waals surface area contributed by atoms with Crippen molar-refractivity contribution in [1.29, 1.82) is 5.26 Å². The molecular weight excluding hydrogens is 255 g/mol. The highest BCUT2D eigenvalue weighted by Crippen LogP contribution is 2.26. The molecule has 0 bridgehead atoms. The number of rotatable bonds is 3. The van der Waals surface area contributed by atoms with Crippen molar-refractivity contribution in [3.8, 4) is 6.07 Å². The summed E-state index contributed by atoms with van der Waals surface area (Å²) in [7, 11) is 0. The SMILES string of the molecule is Cc1csc(SCc2ccc(F)c(C#N)c2)n1. The molecule has 0 atom stereocenters. The molecule has 0 saturated carbocycles. The van der Waals surface area contributed by atoms with Gasteiger partial charge in [-0.1, -0.05) is 17.8 Å². The Balaban J connectivity index is 2.07. The van der Waals surface area contributed by atoms with Crippen LogP contribution in [-0.2, 0) is 5.75 Å². The van der Waals surface area contributed by atoms with E-state index in [-0.39, 0.29) is 5.56 Å². The number of halogens is 1. The van der Waals surface area contributed by atoms with E-state index in [9.17, 15) is 4.39 Å². The molecule has 0 spiro atoms. The van der Waals surface area contributed by atoms with Crippen molar-refractivity contribution >= 4 is 23.1 Å². The standard InChI is InChI=1S/C12H9FN2S2/c1-8-6-16-12(15-8)17-7-9-2-3-11(13)10(4-9)5-14/h2-4,6H,7H2,1H3. The maximum absolute atomic E-state index is 13.1. The monoisotopic (exact) mass is 264 g/mol. The van der Waals surface area contributed by atoms with Crippen LogP contribution in [0, 0.1) is 24.1 Å². The summed E-state index contributed by atoms with van der Waals surface area (Å²) in [5.74, 6) is 0.230. The summed E-state index contributed by atoms with van der Waals surface area (Å²) in [5, 5.41) is 10.7. The molecule has 2 nitrogen and oxygen atoms in total. The summed E-state index contributed by atoms with van der Waals surface area (Å²) in [4.78, 5) is 4.33. The first-order chi connectivity index (χ1) is 8.19. The van der Waals surface area contributed by atoms with Gasteiger partial charge in [0.05, 0.1) is 5.56 Å². The van der Waals surface area contributed by atoms with Crippen molar-refractivity contribution in [2.45, 2.75) is 17.0 Å². The largest absolute Gasteiger partial charge is 0.235 e. The molecule has 0 aliphatic heterocycles. The minimum absolute atomic E-state index is 0.0958. The third-order valence-electron chi connectivity index (χ3n) is 2.11. The minimum atomic E-state index is -0.466. The summed E-state index contributed by atoms with van der Waals surface area (Å²) in [6.07, 6.45) is 0. The van der Waals surface area contributed by atoms with Crippen molar-refractivity contribution < 1.29 is 4.39 Å². The van der Waals surface area contributed by atoms with Gasteiger partial charge in [0.15, 0.2) is 0 Å². The Morgan fingerprint density at radius 2 is 2.35 bits per heavy atom. The lowest BCUT2D eigenvalue weighted by Crippen LogP contribution is -1.87. The van der Waals surface area contributed by atoms with Gasteiger partial charge >= 0.3 is 0 Å². The predicted octanol–water partition coefficient (Wildman–Crippen LogP) is 3.75. The van der Waals surface area contributed by atoms with Gasteiger partial charge in [-0.2, -0.15) is 5.26 Å². The average molecular weight is 264 g/mol. The number of hydrogen-bond donors (Lipinski definition) is 0. The van der Waals surface area contributed by atoms with Crippen LogP contribution in [0.2, 0.25) is 0 Å². The lowest BCUT2D eigenvalue weighted by atomic mass is 10.1. The molecule has 17 heavy (non-hydrogen) atoms. The molecule has 86 valence electrons. The molecule has 1 aromatic carbocycles. The van der Waals surface area contributed by atoms with Gasteiger partial charge in [-0.3, -0.25) is 0 Å². The highest BCUT2D eigenvalue weighted by Gasteiger charge is 2.04. The van der Waals surface area contributed by atoms with E-state index in [1.165, 1.54) is 6.07 Å². The molecule has 5 heteroatoms. The van der Waals surface area contributed by atoms with E-state index >= 15 is 0 Å². The van der Waals surface area contributed by atoms with Crippen LogP contribution in [0.15, 0.2) is 27.9 Å². The van der Waals surface area contributed by atoms with E-state index in [1.54, 1.807) is 35.2 Å². The maximum atomic E-state index is 13.1. The van der Waals surface area contributed by atoms with E-state index in [0.29, 0.717) is 5.75 Å². The quantitative estimate of drug-likeness (QED) is 0.792. The Morgan fingerprint density at radius 1 is 1.53 bits per heavy atom. The second kappa shape index (κ2) is 5.30. The third kappa shape index (κ3) is 3.05. The van der Waals surface area contributed by atoms with Crippen molar-refractivity contribution in [3.63, 3.8) is 0 Å². The molecule has 0 unspecified atom stereocenters. The van der Waals surface area contributed by atoms with E-state index < -0.39 is 5.82 Å². The number of thioether (sulfide) groups is 1. The number of benzene rings is 1. The minimum Gasteiger partial charge on any atom is -0.235 e. The molecule has 1 aromatic heterocycles. The number of aromatic nitrogens is 1. The van der Waals surface area contributed by atoms with Crippen LogP contribution >= 0.6 is 23.1 Å². The Bertz CT molecular complexity index is 572. The predicted molar refractivity (Wildman–Crippen MR) is 67.5 cm³/mol. The zero-order valence-electron chi connectivity index (χ0n) is 9.11. The number of aryl methyl sites for hydroxylation is 1. The zero-order chi connectivity index (χ0) is 12.3. The molecule has 1 heterocycles. The van der Waals surface area contributed by atoms with Gasteiger partial charge in [-0.15, -0.1) is 11.3 Å². The number of nitriles is 1. The molecule has 0 aliphatic rings. The Morgan fingerprint density at radius 3 is 3.00 bits per heavy atom. The van der Waals surface area contributed by atoms with Gasteiger partial charge < -0.3 is 0 Å². The van der Waals surface area contributed by atoms with Crippen molar-refractivity contribution in [2.24, 2.45) is 0 Å². The van der Waals surface area contributed by atoms with Gasteiger partial charge in [0, 0.05) is 16.8 Å². The third-order valence-corrected chi connectivity index (χ3v) is 4.32.